The first kappa shape index (κ1) is 21.2. The molecule has 0 saturated carbocycles. The molecular weight excluding hydrogens is 432 g/mol. The third kappa shape index (κ3) is 3.64. The van der Waals surface area contributed by atoms with Gasteiger partial charge in [0, 0.05) is 57.0 Å². The van der Waals surface area contributed by atoms with Crippen LogP contribution in [0.1, 0.15) is 6.92 Å². The van der Waals surface area contributed by atoms with Crippen molar-refractivity contribution in [2.45, 2.75) is 20.0 Å². The van der Waals surface area contributed by atoms with Crippen LogP contribution in [0.4, 0.5) is 11.6 Å². The highest BCUT2D eigenvalue weighted by atomic mass is 35.5. The molecule has 170 valence electrons. The molecule has 4 heterocycles. The number of hydrogen-bond acceptors (Lipinski definition) is 6. The third-order valence-electron chi connectivity index (χ3n) is 6.32. The highest BCUT2D eigenvalue weighted by molar-refractivity contribution is 6.30. The van der Waals surface area contributed by atoms with Crippen molar-refractivity contribution >= 4 is 34.4 Å². The first-order valence-corrected chi connectivity index (χ1v) is 11.3. The average Bonchev–Trinajstić information content (AvgIpc) is 3.18. The van der Waals surface area contributed by atoms with Gasteiger partial charge in [-0.15, -0.1) is 0 Å². The van der Waals surface area contributed by atoms with Gasteiger partial charge < -0.3 is 14.2 Å². The average molecular weight is 459 g/mol. The van der Waals surface area contributed by atoms with Crippen LogP contribution < -0.4 is 16.1 Å². The van der Waals surface area contributed by atoms with Crippen molar-refractivity contribution in [3.8, 4) is 0 Å². The van der Waals surface area contributed by atoms with E-state index in [1.165, 1.54) is 9.13 Å². The van der Waals surface area contributed by atoms with Crippen LogP contribution >= 0.6 is 11.6 Å². The predicted molar refractivity (Wildman–Crippen MR) is 124 cm³/mol. The Hall–Kier alpha value is -2.62. The zero-order valence-corrected chi connectivity index (χ0v) is 19.1. The molecule has 0 amide bonds. The Labute approximate surface area is 190 Å². The van der Waals surface area contributed by atoms with Crippen LogP contribution in [0.15, 0.2) is 33.9 Å². The van der Waals surface area contributed by atoms with Crippen molar-refractivity contribution in [1.29, 1.82) is 0 Å². The van der Waals surface area contributed by atoms with E-state index in [1.807, 2.05) is 28.8 Å². The second-order valence-corrected chi connectivity index (χ2v) is 9.08. The lowest BCUT2D eigenvalue weighted by Gasteiger charge is -2.33. The van der Waals surface area contributed by atoms with Crippen molar-refractivity contribution in [1.82, 2.24) is 23.6 Å². The fourth-order valence-electron chi connectivity index (χ4n) is 4.61. The Kier molecular flexibility index (Phi) is 5.56. The summed E-state index contributed by atoms with van der Waals surface area (Å²) >= 11 is 6.07. The van der Waals surface area contributed by atoms with Gasteiger partial charge in [-0.1, -0.05) is 18.5 Å². The number of ether oxygens (including phenoxy) is 1. The number of hydrogen-bond donors (Lipinski definition) is 0. The van der Waals surface area contributed by atoms with Gasteiger partial charge in [-0.05, 0) is 30.2 Å². The van der Waals surface area contributed by atoms with E-state index in [1.54, 1.807) is 7.05 Å². The van der Waals surface area contributed by atoms with Crippen LogP contribution in [0.3, 0.4) is 0 Å². The summed E-state index contributed by atoms with van der Waals surface area (Å²) in [5.74, 6) is 0.979. The van der Waals surface area contributed by atoms with E-state index in [-0.39, 0.29) is 11.2 Å². The SMILES string of the molecule is C[C@H]1CN(c2ccc(Cl)cc2)c2nc3c(c(=O)n(CCN4CCOCC4)c(=O)n3C)n2C1. The molecule has 2 aliphatic heterocycles. The Morgan fingerprint density at radius 2 is 1.81 bits per heavy atom. The number of rotatable bonds is 4. The van der Waals surface area contributed by atoms with E-state index in [4.69, 9.17) is 21.3 Å². The first-order chi connectivity index (χ1) is 15.4. The van der Waals surface area contributed by atoms with Gasteiger partial charge >= 0.3 is 5.69 Å². The van der Waals surface area contributed by atoms with Gasteiger partial charge in [0.1, 0.15) is 0 Å². The maximum atomic E-state index is 13.5. The lowest BCUT2D eigenvalue weighted by atomic mass is 10.1. The van der Waals surface area contributed by atoms with E-state index >= 15 is 0 Å². The number of nitrogens with zero attached hydrogens (tertiary/aromatic N) is 6. The summed E-state index contributed by atoms with van der Waals surface area (Å²) < 4.78 is 10.2. The fraction of sp³-hybridized carbons (Fsp3) is 0.500. The van der Waals surface area contributed by atoms with E-state index in [0.717, 1.165) is 25.3 Å². The molecule has 0 unspecified atom stereocenters. The minimum Gasteiger partial charge on any atom is -0.379 e. The Morgan fingerprint density at radius 1 is 1.09 bits per heavy atom. The topological polar surface area (TPSA) is 77.5 Å². The maximum absolute atomic E-state index is 13.5. The largest absolute Gasteiger partial charge is 0.379 e. The molecule has 9 nitrogen and oxygen atoms in total. The van der Waals surface area contributed by atoms with Crippen LogP contribution in [0, 0.1) is 5.92 Å². The van der Waals surface area contributed by atoms with Crippen LogP contribution in [0.5, 0.6) is 0 Å². The number of morpholine rings is 1. The summed E-state index contributed by atoms with van der Waals surface area (Å²) in [6.45, 7) is 7.56. The monoisotopic (exact) mass is 458 g/mol. The minimum absolute atomic E-state index is 0.278. The van der Waals surface area contributed by atoms with Crippen molar-refractivity contribution in [3.63, 3.8) is 0 Å². The van der Waals surface area contributed by atoms with Crippen LogP contribution in [0.25, 0.3) is 11.2 Å². The molecule has 32 heavy (non-hydrogen) atoms. The number of aromatic nitrogens is 4. The normalized spacial score (nSPS) is 19.5. The van der Waals surface area contributed by atoms with Gasteiger partial charge in [-0.3, -0.25) is 18.8 Å². The van der Waals surface area contributed by atoms with E-state index in [0.29, 0.717) is 60.9 Å². The van der Waals surface area contributed by atoms with Gasteiger partial charge in [0.15, 0.2) is 11.2 Å². The summed E-state index contributed by atoms with van der Waals surface area (Å²) in [6, 6.07) is 7.59. The zero-order chi connectivity index (χ0) is 22.4. The van der Waals surface area contributed by atoms with Gasteiger partial charge in [-0.25, -0.2) is 4.79 Å². The van der Waals surface area contributed by atoms with E-state index < -0.39 is 0 Å². The number of benzene rings is 1. The van der Waals surface area contributed by atoms with Gasteiger partial charge in [0.25, 0.3) is 5.56 Å². The lowest BCUT2D eigenvalue weighted by molar-refractivity contribution is 0.0361. The second-order valence-electron chi connectivity index (χ2n) is 8.64. The molecule has 3 aromatic rings. The molecule has 0 N–H and O–H groups in total. The molecule has 0 bridgehead atoms. The van der Waals surface area contributed by atoms with Crippen LogP contribution in [-0.4, -0.2) is 63.0 Å². The molecule has 1 fully saturated rings. The number of imidazole rings is 1. The Bertz CT molecular complexity index is 1260. The van der Waals surface area contributed by atoms with Crippen molar-refractivity contribution < 1.29 is 4.74 Å². The predicted octanol–water partition coefficient (Wildman–Crippen LogP) is 1.67. The summed E-state index contributed by atoms with van der Waals surface area (Å²) in [4.78, 5) is 35.6. The summed E-state index contributed by atoms with van der Waals surface area (Å²) in [7, 11) is 1.68. The lowest BCUT2D eigenvalue weighted by Crippen LogP contribution is -2.44. The Morgan fingerprint density at radius 3 is 2.53 bits per heavy atom. The first-order valence-electron chi connectivity index (χ1n) is 11.0. The fourth-order valence-corrected chi connectivity index (χ4v) is 4.73. The molecule has 0 radical (unpaired) electrons. The second kappa shape index (κ2) is 8.38. The molecule has 1 atom stereocenters. The molecule has 10 heteroatoms. The summed E-state index contributed by atoms with van der Waals surface area (Å²) in [5, 5.41) is 0.665. The van der Waals surface area contributed by atoms with Gasteiger partial charge in [-0.2, -0.15) is 4.98 Å². The molecule has 5 rings (SSSR count). The third-order valence-corrected chi connectivity index (χ3v) is 6.58. The zero-order valence-electron chi connectivity index (χ0n) is 18.3. The van der Waals surface area contributed by atoms with Gasteiger partial charge in [0.2, 0.25) is 5.95 Å². The standard InChI is InChI=1S/C22H27ClN6O3/c1-15-13-28(17-5-3-16(23)4-6-17)21-24-19-18(29(21)14-15)20(30)27(22(31)25(19)2)8-7-26-9-11-32-12-10-26/h3-6,15H,7-14H2,1-2H3/t15-/m0/s1. The molecular formula is C22H27ClN6O3. The molecule has 1 aromatic carbocycles. The molecule has 1 saturated heterocycles. The highest BCUT2D eigenvalue weighted by Crippen LogP contribution is 2.33. The van der Waals surface area contributed by atoms with E-state index in [2.05, 4.69) is 16.7 Å². The minimum atomic E-state index is -0.336. The number of anilines is 2. The van der Waals surface area contributed by atoms with Crippen LogP contribution in [-0.2, 0) is 24.9 Å². The molecule has 2 aromatic heterocycles. The quantitative estimate of drug-likeness (QED) is 0.592. The summed E-state index contributed by atoms with van der Waals surface area (Å²) in [5.41, 5.74) is 1.24. The number of aryl methyl sites for hydroxylation is 1. The summed E-state index contributed by atoms with van der Waals surface area (Å²) in [6.07, 6.45) is 0. The molecule has 0 spiro atoms. The number of halogens is 1. The van der Waals surface area contributed by atoms with Crippen molar-refractivity contribution in [3.05, 3.63) is 50.1 Å². The Balaban J connectivity index is 1.60. The van der Waals surface area contributed by atoms with Gasteiger partial charge in [0.05, 0.1) is 13.2 Å². The molecule has 0 aliphatic carbocycles. The van der Waals surface area contributed by atoms with E-state index in [9.17, 15) is 9.59 Å². The van der Waals surface area contributed by atoms with Crippen molar-refractivity contribution in [2.24, 2.45) is 13.0 Å². The molecule has 2 aliphatic rings. The van der Waals surface area contributed by atoms with Crippen molar-refractivity contribution in [2.75, 3.05) is 44.3 Å². The highest BCUT2D eigenvalue weighted by Gasteiger charge is 2.30. The smallest absolute Gasteiger partial charge is 0.332 e. The number of fused-ring (bicyclic) bond motifs is 3. The van der Waals surface area contributed by atoms with Crippen LogP contribution in [0.2, 0.25) is 5.02 Å². The maximum Gasteiger partial charge on any atom is 0.332 e.